The molecule has 1 N–H and O–H groups in total. The molecule has 0 saturated heterocycles. The van der Waals surface area contributed by atoms with E-state index >= 15 is 0 Å². The zero-order valence-electron chi connectivity index (χ0n) is 16.5. The van der Waals surface area contributed by atoms with Crippen LogP contribution >= 0.6 is 27.5 Å². The summed E-state index contributed by atoms with van der Waals surface area (Å²) in [5, 5.41) is 3.00. The minimum atomic E-state index is -0.735. The molecule has 160 valence electrons. The number of carbonyl (C=O) groups is 3. The van der Waals surface area contributed by atoms with E-state index in [1.54, 1.807) is 24.3 Å². The summed E-state index contributed by atoms with van der Waals surface area (Å²) in [6.07, 6.45) is 0. The summed E-state index contributed by atoms with van der Waals surface area (Å²) in [4.78, 5) is 37.8. The minimum absolute atomic E-state index is 0.152. The first kappa shape index (κ1) is 23.5. The summed E-state index contributed by atoms with van der Waals surface area (Å²) >= 11 is 9.30. The molecule has 0 spiro atoms. The van der Waals surface area contributed by atoms with Gasteiger partial charge in [-0.25, -0.2) is 4.79 Å². The monoisotopic (exact) mass is 498 g/mol. The van der Waals surface area contributed by atoms with E-state index in [1.807, 2.05) is 0 Å². The van der Waals surface area contributed by atoms with Gasteiger partial charge in [0.05, 0.1) is 37.0 Å². The van der Waals surface area contributed by atoms with Gasteiger partial charge in [0.1, 0.15) is 16.0 Å². The molecule has 30 heavy (non-hydrogen) atoms. The van der Waals surface area contributed by atoms with Crippen molar-refractivity contribution in [3.05, 3.63) is 51.5 Å². The molecule has 0 aromatic heterocycles. The Morgan fingerprint density at radius 3 is 2.27 bits per heavy atom. The summed E-state index contributed by atoms with van der Waals surface area (Å²) in [6.45, 7) is -0.767. The van der Waals surface area contributed by atoms with Gasteiger partial charge in [0.15, 0.2) is 6.61 Å². The Bertz CT molecular complexity index is 928. The molecule has 0 aliphatic rings. The highest BCUT2D eigenvalue weighted by Gasteiger charge is 2.19. The van der Waals surface area contributed by atoms with Gasteiger partial charge in [-0.05, 0) is 40.2 Å². The Morgan fingerprint density at radius 1 is 1.10 bits per heavy atom. The molecule has 10 heteroatoms. The number of amides is 2. The van der Waals surface area contributed by atoms with Crippen LogP contribution in [0.5, 0.6) is 11.5 Å². The van der Waals surface area contributed by atoms with E-state index < -0.39 is 24.4 Å². The fraction of sp³-hybridized carbons (Fsp3) is 0.250. The molecule has 0 bridgehead atoms. The van der Waals surface area contributed by atoms with Gasteiger partial charge in [-0.3, -0.25) is 9.59 Å². The van der Waals surface area contributed by atoms with Crippen molar-refractivity contribution in [3.8, 4) is 11.5 Å². The van der Waals surface area contributed by atoms with E-state index in [4.69, 9.17) is 25.8 Å². The van der Waals surface area contributed by atoms with Crippen LogP contribution in [0.25, 0.3) is 0 Å². The number of anilines is 1. The number of ether oxygens (including phenoxy) is 3. The number of halogens is 2. The van der Waals surface area contributed by atoms with Gasteiger partial charge in [0, 0.05) is 7.05 Å². The SMILES string of the molecule is COc1cc(C(=O)OCC(=O)N(C)CC(=O)Nc2ccccc2Cl)cc(OC)c1Br. The number of nitrogens with zero attached hydrogens (tertiary/aromatic N) is 1. The number of rotatable bonds is 8. The molecule has 0 saturated carbocycles. The van der Waals surface area contributed by atoms with Crippen LogP contribution in [0.1, 0.15) is 10.4 Å². The largest absolute Gasteiger partial charge is 0.495 e. The van der Waals surface area contributed by atoms with Crippen molar-refractivity contribution in [2.75, 3.05) is 39.7 Å². The third kappa shape index (κ3) is 6.11. The van der Waals surface area contributed by atoms with Crippen molar-refractivity contribution in [2.45, 2.75) is 0 Å². The maximum atomic E-state index is 12.3. The van der Waals surface area contributed by atoms with E-state index in [1.165, 1.54) is 33.4 Å². The number of carbonyl (C=O) groups excluding carboxylic acids is 3. The van der Waals surface area contributed by atoms with Gasteiger partial charge in [0.2, 0.25) is 5.91 Å². The van der Waals surface area contributed by atoms with Gasteiger partial charge in [-0.1, -0.05) is 23.7 Å². The van der Waals surface area contributed by atoms with Gasteiger partial charge in [0.25, 0.3) is 5.91 Å². The lowest BCUT2D eigenvalue weighted by atomic mass is 10.2. The Kier molecular flexibility index (Phi) is 8.49. The molecule has 0 aliphatic carbocycles. The van der Waals surface area contributed by atoms with Gasteiger partial charge < -0.3 is 24.4 Å². The molecule has 0 aliphatic heterocycles. The van der Waals surface area contributed by atoms with Crippen LogP contribution < -0.4 is 14.8 Å². The van der Waals surface area contributed by atoms with Crippen LogP contribution in [0.15, 0.2) is 40.9 Å². The third-order valence-corrected chi connectivity index (χ3v) is 5.07. The van der Waals surface area contributed by atoms with Crippen LogP contribution in [-0.4, -0.2) is 57.1 Å². The van der Waals surface area contributed by atoms with E-state index in [-0.39, 0.29) is 12.1 Å². The predicted molar refractivity (Wildman–Crippen MR) is 115 cm³/mol. The van der Waals surface area contributed by atoms with E-state index in [0.29, 0.717) is 26.7 Å². The Labute approximate surface area is 187 Å². The van der Waals surface area contributed by atoms with E-state index in [9.17, 15) is 14.4 Å². The molecule has 0 radical (unpaired) electrons. The van der Waals surface area contributed by atoms with Gasteiger partial charge >= 0.3 is 5.97 Å². The predicted octanol–water partition coefficient (Wildman–Crippen LogP) is 3.37. The molecular weight excluding hydrogens is 480 g/mol. The summed E-state index contributed by atoms with van der Waals surface area (Å²) < 4.78 is 16.0. The second-order valence-corrected chi connectivity index (χ2v) is 7.25. The van der Waals surface area contributed by atoms with Crippen molar-refractivity contribution >= 4 is 51.0 Å². The lowest BCUT2D eigenvalue weighted by Crippen LogP contribution is -2.37. The number of para-hydroxylation sites is 1. The third-order valence-electron chi connectivity index (χ3n) is 3.96. The number of nitrogens with one attached hydrogen (secondary N) is 1. The molecule has 0 heterocycles. The Hall–Kier alpha value is -2.78. The first-order valence-electron chi connectivity index (χ1n) is 8.63. The fourth-order valence-electron chi connectivity index (χ4n) is 2.36. The molecule has 0 fully saturated rings. The normalized spacial score (nSPS) is 10.2. The van der Waals surface area contributed by atoms with Crippen LogP contribution in [-0.2, 0) is 14.3 Å². The first-order chi connectivity index (χ1) is 14.3. The van der Waals surface area contributed by atoms with Crippen LogP contribution in [0.4, 0.5) is 5.69 Å². The summed E-state index contributed by atoms with van der Waals surface area (Å²) in [6, 6.07) is 9.66. The molecule has 0 atom stereocenters. The second-order valence-electron chi connectivity index (χ2n) is 6.05. The van der Waals surface area contributed by atoms with Gasteiger partial charge in [-0.2, -0.15) is 0 Å². The topological polar surface area (TPSA) is 94.2 Å². The standard InChI is InChI=1S/C20H20BrClN2O6/c1-24(10-17(25)23-14-7-5-4-6-13(14)22)18(26)11-30-20(27)12-8-15(28-2)19(21)16(9-12)29-3/h4-9H,10-11H2,1-3H3,(H,23,25). The smallest absolute Gasteiger partial charge is 0.338 e. The summed E-state index contributed by atoms with van der Waals surface area (Å²) in [5.41, 5.74) is 0.591. The molecule has 2 rings (SSSR count). The van der Waals surface area contributed by atoms with Crippen molar-refractivity contribution in [1.82, 2.24) is 4.90 Å². The van der Waals surface area contributed by atoms with Crippen molar-refractivity contribution < 1.29 is 28.6 Å². The summed E-state index contributed by atoms with van der Waals surface area (Å²) in [5.74, 6) is -0.968. The zero-order chi connectivity index (χ0) is 22.3. The van der Waals surface area contributed by atoms with Crippen LogP contribution in [0, 0.1) is 0 Å². The number of methoxy groups -OCH3 is 2. The van der Waals surface area contributed by atoms with Gasteiger partial charge in [-0.15, -0.1) is 0 Å². The first-order valence-corrected chi connectivity index (χ1v) is 9.81. The maximum Gasteiger partial charge on any atom is 0.338 e. The lowest BCUT2D eigenvalue weighted by Gasteiger charge is -2.17. The quantitative estimate of drug-likeness (QED) is 0.560. The fourth-order valence-corrected chi connectivity index (χ4v) is 3.10. The molecule has 0 unspecified atom stereocenters. The maximum absolute atomic E-state index is 12.3. The van der Waals surface area contributed by atoms with Crippen LogP contribution in [0.2, 0.25) is 5.02 Å². The Morgan fingerprint density at radius 2 is 1.70 bits per heavy atom. The highest BCUT2D eigenvalue weighted by Crippen LogP contribution is 2.35. The minimum Gasteiger partial charge on any atom is -0.495 e. The molecule has 8 nitrogen and oxygen atoms in total. The van der Waals surface area contributed by atoms with Crippen molar-refractivity contribution in [2.24, 2.45) is 0 Å². The highest BCUT2D eigenvalue weighted by molar-refractivity contribution is 9.10. The molecule has 2 amide bonds. The number of benzene rings is 2. The molecule has 2 aromatic rings. The zero-order valence-corrected chi connectivity index (χ0v) is 18.9. The molecular formula is C20H20BrClN2O6. The Balaban J connectivity index is 1.92. The number of hydrogen-bond donors (Lipinski definition) is 1. The van der Waals surface area contributed by atoms with Crippen molar-refractivity contribution in [3.63, 3.8) is 0 Å². The average molecular weight is 500 g/mol. The highest BCUT2D eigenvalue weighted by atomic mass is 79.9. The van der Waals surface area contributed by atoms with E-state index in [2.05, 4.69) is 21.2 Å². The number of likely N-dealkylation sites (N-methyl/N-ethyl adjacent to an activating group) is 1. The second kappa shape index (κ2) is 10.8. The van der Waals surface area contributed by atoms with Crippen molar-refractivity contribution in [1.29, 1.82) is 0 Å². The van der Waals surface area contributed by atoms with E-state index in [0.717, 1.165) is 4.90 Å². The van der Waals surface area contributed by atoms with Crippen LogP contribution in [0.3, 0.4) is 0 Å². The number of esters is 1. The number of hydrogen-bond acceptors (Lipinski definition) is 6. The molecule has 2 aromatic carbocycles. The lowest BCUT2D eigenvalue weighted by molar-refractivity contribution is -0.136. The average Bonchev–Trinajstić information content (AvgIpc) is 2.73. The summed E-state index contributed by atoms with van der Waals surface area (Å²) in [7, 11) is 4.32.